The number of anilines is 2. The third-order valence-electron chi connectivity index (χ3n) is 3.24. The summed E-state index contributed by atoms with van der Waals surface area (Å²) in [4.78, 5) is 23.2. The van der Waals surface area contributed by atoms with Gasteiger partial charge in [-0.2, -0.15) is 5.26 Å². The number of hydrogen-bond acceptors (Lipinski definition) is 6. The molecule has 2 rings (SSSR count). The molecule has 2 aromatic carbocycles. The first-order valence-corrected chi connectivity index (χ1v) is 8.32. The zero-order valence-electron chi connectivity index (χ0n) is 13.3. The van der Waals surface area contributed by atoms with Crippen molar-refractivity contribution in [2.45, 2.75) is 0 Å². The maximum Gasteiger partial charge on any atom is 0.269 e. The minimum atomic E-state index is -0.795. The normalized spacial score (nSPS) is 10.1. The lowest BCUT2D eigenvalue weighted by Gasteiger charge is -2.13. The maximum absolute atomic E-state index is 14.1. The molecule has 0 aliphatic rings. The first-order chi connectivity index (χ1) is 12.4. The van der Waals surface area contributed by atoms with E-state index in [9.17, 15) is 14.0 Å². The summed E-state index contributed by atoms with van der Waals surface area (Å²) in [5, 5.41) is 20.2. The van der Waals surface area contributed by atoms with Gasteiger partial charge in [-0.1, -0.05) is 0 Å². The van der Waals surface area contributed by atoms with Crippen LogP contribution in [0.4, 0.5) is 15.8 Å². The number of rotatable bonds is 7. The van der Waals surface area contributed by atoms with Crippen LogP contribution in [0.2, 0.25) is 0 Å². The number of nitrogens with one attached hydrogen (secondary N) is 2. The van der Waals surface area contributed by atoms with E-state index < -0.39 is 30.7 Å². The monoisotopic (exact) mass is 469 g/mol. The highest BCUT2D eigenvalue weighted by atomic mass is 127. The van der Waals surface area contributed by atoms with Crippen molar-refractivity contribution >= 4 is 45.7 Å². The number of ketones is 1. The maximum atomic E-state index is 14.1. The molecule has 9 heteroatoms. The number of nitriles is 1. The van der Waals surface area contributed by atoms with E-state index in [0.717, 1.165) is 0 Å². The first-order valence-electron chi connectivity index (χ1n) is 7.24. The molecule has 0 unspecified atom stereocenters. The average Bonchev–Trinajstić information content (AvgIpc) is 2.63. The van der Waals surface area contributed by atoms with Gasteiger partial charge in [-0.25, -0.2) is 9.87 Å². The molecule has 2 aromatic rings. The van der Waals surface area contributed by atoms with E-state index in [1.165, 1.54) is 35.8 Å². The van der Waals surface area contributed by atoms with Crippen molar-refractivity contribution in [1.29, 1.82) is 5.26 Å². The van der Waals surface area contributed by atoms with Gasteiger partial charge < -0.3 is 10.1 Å². The van der Waals surface area contributed by atoms with Crippen LogP contribution in [-0.4, -0.2) is 30.1 Å². The highest BCUT2D eigenvalue weighted by molar-refractivity contribution is 14.1. The van der Waals surface area contributed by atoms with Gasteiger partial charge in [0.25, 0.3) is 5.91 Å². The Labute approximate surface area is 161 Å². The number of hydroxylamine groups is 1. The Morgan fingerprint density at radius 1 is 1.19 bits per heavy atom. The van der Waals surface area contributed by atoms with E-state index >= 15 is 0 Å². The van der Waals surface area contributed by atoms with Crippen LogP contribution < -0.4 is 10.8 Å². The molecular weight excluding hydrogens is 456 g/mol. The Morgan fingerprint density at radius 2 is 1.96 bits per heavy atom. The molecule has 7 nitrogen and oxygen atoms in total. The molecule has 1 amide bonds. The summed E-state index contributed by atoms with van der Waals surface area (Å²) in [6, 6.07) is 10.8. The second-order valence-electron chi connectivity index (χ2n) is 5.07. The number of hydrogen-bond donors (Lipinski definition) is 3. The standard InChI is InChI=1S/C17H13FIN3O4/c18-13-6-11(19)2-4-14(13)21-15-5-10(7-20)1-3-12(15)16(23)8-26-9-17(24)22-25/h1-6,21,25H,8-9H2,(H,22,24). The van der Waals surface area contributed by atoms with E-state index in [4.69, 9.17) is 15.2 Å². The van der Waals surface area contributed by atoms with E-state index in [-0.39, 0.29) is 22.5 Å². The summed E-state index contributed by atoms with van der Waals surface area (Å²) >= 11 is 1.97. The van der Waals surface area contributed by atoms with Gasteiger partial charge in [0.05, 0.1) is 23.0 Å². The molecule has 0 radical (unpaired) electrons. The number of carbonyl (C=O) groups is 2. The Hall–Kier alpha value is -2.55. The van der Waals surface area contributed by atoms with Crippen molar-refractivity contribution in [2.24, 2.45) is 0 Å². The number of nitrogens with zero attached hydrogens (tertiary/aromatic N) is 1. The molecule has 0 heterocycles. The van der Waals surface area contributed by atoms with Crippen LogP contribution in [0.1, 0.15) is 15.9 Å². The molecule has 3 N–H and O–H groups in total. The molecule has 0 spiro atoms. The Balaban J connectivity index is 2.25. The van der Waals surface area contributed by atoms with Crippen LogP contribution in [0, 0.1) is 20.7 Å². The zero-order valence-corrected chi connectivity index (χ0v) is 15.4. The minimum Gasteiger partial charge on any atom is -0.363 e. The summed E-state index contributed by atoms with van der Waals surface area (Å²) in [5.41, 5.74) is 2.23. The van der Waals surface area contributed by atoms with Crippen molar-refractivity contribution in [3.05, 3.63) is 56.9 Å². The third kappa shape index (κ3) is 5.22. The fraction of sp³-hybridized carbons (Fsp3) is 0.118. The van der Waals surface area contributed by atoms with Crippen LogP contribution in [-0.2, 0) is 9.53 Å². The number of carbonyl (C=O) groups excluding carboxylic acids is 2. The zero-order chi connectivity index (χ0) is 19.1. The molecule has 0 aromatic heterocycles. The summed E-state index contributed by atoms with van der Waals surface area (Å²) in [7, 11) is 0. The highest BCUT2D eigenvalue weighted by Gasteiger charge is 2.15. The third-order valence-corrected chi connectivity index (χ3v) is 3.91. The molecular formula is C17H13FIN3O4. The summed E-state index contributed by atoms with van der Waals surface area (Å²) < 4.78 is 19.7. The van der Waals surface area contributed by atoms with Gasteiger partial charge in [0.1, 0.15) is 19.0 Å². The van der Waals surface area contributed by atoms with Gasteiger partial charge in [-0.15, -0.1) is 0 Å². The molecule has 0 aliphatic heterocycles. The molecule has 0 saturated carbocycles. The highest BCUT2D eigenvalue weighted by Crippen LogP contribution is 2.26. The lowest BCUT2D eigenvalue weighted by molar-refractivity contribution is -0.133. The predicted molar refractivity (Wildman–Crippen MR) is 98.6 cm³/mol. The van der Waals surface area contributed by atoms with Crippen molar-refractivity contribution in [3.8, 4) is 6.07 Å². The fourth-order valence-corrected chi connectivity index (χ4v) is 2.50. The Morgan fingerprint density at radius 3 is 2.62 bits per heavy atom. The van der Waals surface area contributed by atoms with Crippen LogP contribution >= 0.6 is 22.6 Å². The second kappa shape index (κ2) is 9.23. The van der Waals surface area contributed by atoms with E-state index in [1.807, 2.05) is 28.7 Å². The Bertz CT molecular complexity index is 883. The van der Waals surface area contributed by atoms with Crippen molar-refractivity contribution < 1.29 is 23.9 Å². The largest absolute Gasteiger partial charge is 0.363 e. The lowest BCUT2D eigenvalue weighted by Crippen LogP contribution is -2.25. The smallest absolute Gasteiger partial charge is 0.269 e. The van der Waals surface area contributed by atoms with Gasteiger partial charge in [0, 0.05) is 9.13 Å². The molecule has 0 bridgehead atoms. The topological polar surface area (TPSA) is 111 Å². The number of ether oxygens (including phenoxy) is 1. The summed E-state index contributed by atoms with van der Waals surface area (Å²) in [6.07, 6.45) is 0. The van der Waals surface area contributed by atoms with Crippen molar-refractivity contribution in [3.63, 3.8) is 0 Å². The van der Waals surface area contributed by atoms with Gasteiger partial charge in [-0.3, -0.25) is 14.8 Å². The van der Waals surface area contributed by atoms with Crippen LogP contribution in [0.3, 0.4) is 0 Å². The van der Waals surface area contributed by atoms with Crippen LogP contribution in [0.15, 0.2) is 36.4 Å². The fourth-order valence-electron chi connectivity index (χ4n) is 2.04. The number of halogens is 2. The number of benzene rings is 2. The summed E-state index contributed by atoms with van der Waals surface area (Å²) in [6.45, 7) is -0.920. The van der Waals surface area contributed by atoms with Gasteiger partial charge in [0.2, 0.25) is 0 Å². The van der Waals surface area contributed by atoms with Crippen LogP contribution in [0.5, 0.6) is 0 Å². The van der Waals surface area contributed by atoms with Gasteiger partial charge in [-0.05, 0) is 59.0 Å². The van der Waals surface area contributed by atoms with Gasteiger partial charge in [0.15, 0.2) is 5.78 Å². The van der Waals surface area contributed by atoms with Crippen LogP contribution in [0.25, 0.3) is 0 Å². The molecule has 0 aliphatic carbocycles. The number of amides is 1. The number of Topliss-reactive ketones (excluding diaryl/α,β-unsaturated/α-hetero) is 1. The predicted octanol–water partition coefficient (Wildman–Crippen LogP) is 2.75. The molecule has 0 atom stereocenters. The SMILES string of the molecule is N#Cc1ccc(C(=O)COCC(=O)NO)c(Nc2ccc(I)cc2F)c1. The quantitative estimate of drug-likeness (QED) is 0.249. The van der Waals surface area contributed by atoms with Crippen molar-refractivity contribution in [1.82, 2.24) is 5.48 Å². The average molecular weight is 469 g/mol. The van der Waals surface area contributed by atoms with Gasteiger partial charge >= 0.3 is 0 Å². The van der Waals surface area contributed by atoms with E-state index in [2.05, 4.69) is 5.32 Å². The van der Waals surface area contributed by atoms with E-state index in [0.29, 0.717) is 3.57 Å². The second-order valence-corrected chi connectivity index (χ2v) is 6.32. The molecule has 26 heavy (non-hydrogen) atoms. The first kappa shape index (κ1) is 19.8. The summed E-state index contributed by atoms with van der Waals surface area (Å²) in [5.74, 6) is -1.78. The lowest BCUT2D eigenvalue weighted by atomic mass is 10.1. The molecule has 134 valence electrons. The molecule has 0 fully saturated rings. The van der Waals surface area contributed by atoms with E-state index in [1.54, 1.807) is 6.07 Å². The minimum absolute atomic E-state index is 0.148. The van der Waals surface area contributed by atoms with Crippen molar-refractivity contribution in [2.75, 3.05) is 18.5 Å². The molecule has 0 saturated heterocycles. The Kier molecular flexibility index (Phi) is 7.02.